The molecule has 1 fully saturated rings. The van der Waals surface area contributed by atoms with Crippen LogP contribution in [0.3, 0.4) is 0 Å². The number of halogens is 1. The maximum absolute atomic E-state index is 12.2. The fourth-order valence-corrected chi connectivity index (χ4v) is 4.49. The molecule has 0 saturated carbocycles. The highest BCUT2D eigenvalue weighted by Crippen LogP contribution is 2.25. The fourth-order valence-electron chi connectivity index (χ4n) is 2.72. The standard InChI is InChI=1S/C16H24BrN3O3S/c1-16(2)11-20(7-8-24(16,21)22)15(18-3)19-10-12-9-13(17)5-6-14(12)23-4/h5-6,9H,7-8,10-11H2,1-4H3,(H,18,19). The van der Waals surface area contributed by atoms with E-state index in [9.17, 15) is 8.42 Å². The van der Waals surface area contributed by atoms with Gasteiger partial charge in [-0.25, -0.2) is 8.42 Å². The van der Waals surface area contributed by atoms with Gasteiger partial charge in [-0.05, 0) is 32.0 Å². The fraction of sp³-hybridized carbons (Fsp3) is 0.562. The number of guanidine groups is 1. The normalized spacial score (nSPS) is 19.9. The van der Waals surface area contributed by atoms with E-state index in [0.717, 1.165) is 15.8 Å². The van der Waals surface area contributed by atoms with E-state index in [4.69, 9.17) is 4.74 Å². The molecule has 1 aromatic carbocycles. The van der Waals surface area contributed by atoms with Crippen LogP contribution in [0, 0.1) is 0 Å². The van der Waals surface area contributed by atoms with Crippen molar-refractivity contribution in [2.75, 3.05) is 33.0 Å². The quantitative estimate of drug-likeness (QED) is 0.601. The molecular formula is C16H24BrN3O3S. The van der Waals surface area contributed by atoms with E-state index in [0.29, 0.717) is 25.6 Å². The van der Waals surface area contributed by atoms with Gasteiger partial charge in [0.05, 0.1) is 17.6 Å². The predicted molar refractivity (Wildman–Crippen MR) is 100 cm³/mol. The van der Waals surface area contributed by atoms with E-state index in [1.165, 1.54) is 0 Å². The zero-order valence-corrected chi connectivity index (χ0v) is 16.9. The Bertz CT molecular complexity index is 732. The summed E-state index contributed by atoms with van der Waals surface area (Å²) in [5, 5.41) is 3.30. The number of hydrogen-bond acceptors (Lipinski definition) is 4. The minimum atomic E-state index is -3.07. The second-order valence-corrected chi connectivity index (χ2v) is 10.0. The molecule has 24 heavy (non-hydrogen) atoms. The van der Waals surface area contributed by atoms with E-state index in [1.807, 2.05) is 23.1 Å². The van der Waals surface area contributed by atoms with Crippen molar-refractivity contribution in [2.45, 2.75) is 25.1 Å². The topological polar surface area (TPSA) is 71.0 Å². The highest BCUT2D eigenvalue weighted by molar-refractivity contribution is 9.10. The highest BCUT2D eigenvalue weighted by atomic mass is 79.9. The van der Waals surface area contributed by atoms with Crippen molar-refractivity contribution in [3.8, 4) is 5.75 Å². The molecular weight excluding hydrogens is 394 g/mol. The summed E-state index contributed by atoms with van der Waals surface area (Å²) in [6, 6.07) is 5.82. The van der Waals surface area contributed by atoms with Crippen LogP contribution in [0.25, 0.3) is 0 Å². The third-order valence-electron chi connectivity index (χ3n) is 4.23. The van der Waals surface area contributed by atoms with Crippen molar-refractivity contribution in [1.82, 2.24) is 10.2 Å². The Hall–Kier alpha value is -1.28. The first kappa shape index (κ1) is 19.1. The molecule has 0 bridgehead atoms. The smallest absolute Gasteiger partial charge is 0.193 e. The van der Waals surface area contributed by atoms with E-state index >= 15 is 0 Å². The lowest BCUT2D eigenvalue weighted by Gasteiger charge is -2.39. The maximum Gasteiger partial charge on any atom is 0.193 e. The van der Waals surface area contributed by atoms with Gasteiger partial charge in [-0.3, -0.25) is 4.99 Å². The molecule has 0 aromatic heterocycles. The lowest BCUT2D eigenvalue weighted by atomic mass is 10.2. The summed E-state index contributed by atoms with van der Waals surface area (Å²) in [4.78, 5) is 6.29. The van der Waals surface area contributed by atoms with Crippen LogP contribution in [-0.2, 0) is 16.4 Å². The summed E-state index contributed by atoms with van der Waals surface area (Å²) in [5.41, 5.74) is 0.997. The van der Waals surface area contributed by atoms with E-state index in [1.54, 1.807) is 28.0 Å². The number of ether oxygens (including phenoxy) is 1. The van der Waals surface area contributed by atoms with Gasteiger partial charge < -0.3 is 15.0 Å². The minimum Gasteiger partial charge on any atom is -0.496 e. The van der Waals surface area contributed by atoms with Gasteiger partial charge in [-0.15, -0.1) is 0 Å². The Balaban J connectivity index is 2.10. The lowest BCUT2D eigenvalue weighted by molar-refractivity contribution is 0.352. The van der Waals surface area contributed by atoms with Crippen molar-refractivity contribution < 1.29 is 13.2 Å². The van der Waals surface area contributed by atoms with Gasteiger partial charge in [0, 0.05) is 36.7 Å². The van der Waals surface area contributed by atoms with Crippen LogP contribution in [0.2, 0.25) is 0 Å². The molecule has 0 spiro atoms. The number of nitrogens with one attached hydrogen (secondary N) is 1. The van der Waals surface area contributed by atoms with Crippen LogP contribution in [0.15, 0.2) is 27.7 Å². The average molecular weight is 418 g/mol. The Morgan fingerprint density at radius 2 is 2.17 bits per heavy atom. The van der Waals surface area contributed by atoms with Crippen molar-refractivity contribution in [3.63, 3.8) is 0 Å². The second-order valence-electron chi connectivity index (χ2n) is 6.36. The molecule has 2 rings (SSSR count). The highest BCUT2D eigenvalue weighted by Gasteiger charge is 2.40. The molecule has 0 atom stereocenters. The number of rotatable bonds is 3. The summed E-state index contributed by atoms with van der Waals surface area (Å²) in [6.45, 7) is 4.93. The summed E-state index contributed by atoms with van der Waals surface area (Å²) in [5.74, 6) is 1.63. The molecule has 1 N–H and O–H groups in total. The Morgan fingerprint density at radius 1 is 1.46 bits per heavy atom. The van der Waals surface area contributed by atoms with E-state index < -0.39 is 14.6 Å². The third-order valence-corrected chi connectivity index (χ3v) is 7.26. The summed E-state index contributed by atoms with van der Waals surface area (Å²) in [7, 11) is 0.274. The molecule has 0 amide bonds. The third kappa shape index (κ3) is 4.03. The van der Waals surface area contributed by atoms with Crippen LogP contribution in [0.5, 0.6) is 5.75 Å². The molecule has 1 heterocycles. The molecule has 1 aromatic rings. The lowest BCUT2D eigenvalue weighted by Crippen LogP contribution is -2.57. The maximum atomic E-state index is 12.2. The molecule has 134 valence electrons. The molecule has 0 radical (unpaired) electrons. The van der Waals surface area contributed by atoms with Gasteiger partial charge in [-0.2, -0.15) is 0 Å². The number of hydrogen-bond donors (Lipinski definition) is 1. The predicted octanol–water partition coefficient (Wildman–Crippen LogP) is 2.04. The number of aliphatic imine (C=N–C) groups is 1. The van der Waals surface area contributed by atoms with Gasteiger partial charge in [0.25, 0.3) is 0 Å². The Morgan fingerprint density at radius 3 is 2.75 bits per heavy atom. The summed E-state index contributed by atoms with van der Waals surface area (Å²) in [6.07, 6.45) is 0. The molecule has 1 aliphatic heterocycles. The van der Waals surface area contributed by atoms with Gasteiger partial charge in [-0.1, -0.05) is 15.9 Å². The molecule has 0 aliphatic carbocycles. The van der Waals surface area contributed by atoms with Crippen LogP contribution < -0.4 is 10.1 Å². The summed E-state index contributed by atoms with van der Waals surface area (Å²) < 4.78 is 29.9. The van der Waals surface area contributed by atoms with Gasteiger partial charge in [0.1, 0.15) is 5.75 Å². The summed E-state index contributed by atoms with van der Waals surface area (Å²) >= 11 is 3.46. The first-order valence-corrected chi connectivity index (χ1v) is 10.1. The number of benzene rings is 1. The van der Waals surface area contributed by atoms with Crippen molar-refractivity contribution in [3.05, 3.63) is 28.2 Å². The van der Waals surface area contributed by atoms with Crippen molar-refractivity contribution in [1.29, 1.82) is 0 Å². The van der Waals surface area contributed by atoms with E-state index in [2.05, 4.69) is 26.2 Å². The molecule has 0 unspecified atom stereocenters. The van der Waals surface area contributed by atoms with E-state index in [-0.39, 0.29) is 5.75 Å². The van der Waals surface area contributed by atoms with Gasteiger partial charge >= 0.3 is 0 Å². The van der Waals surface area contributed by atoms with Crippen LogP contribution in [0.4, 0.5) is 0 Å². The SMILES string of the molecule is CN=C(NCc1cc(Br)ccc1OC)N1CCS(=O)(=O)C(C)(C)C1. The first-order valence-electron chi connectivity index (χ1n) is 7.70. The van der Waals surface area contributed by atoms with Crippen molar-refractivity contribution >= 4 is 31.7 Å². The van der Waals surface area contributed by atoms with Gasteiger partial charge in [0.15, 0.2) is 15.8 Å². The number of nitrogens with zero attached hydrogens (tertiary/aromatic N) is 2. The Kier molecular flexibility index (Phi) is 5.80. The Labute approximate surface area is 152 Å². The van der Waals surface area contributed by atoms with Crippen LogP contribution in [0.1, 0.15) is 19.4 Å². The second kappa shape index (κ2) is 7.31. The first-order chi connectivity index (χ1) is 11.2. The molecule has 1 saturated heterocycles. The molecule has 8 heteroatoms. The number of sulfone groups is 1. The largest absolute Gasteiger partial charge is 0.496 e. The molecule has 1 aliphatic rings. The van der Waals surface area contributed by atoms with Crippen LogP contribution >= 0.6 is 15.9 Å². The molecule has 6 nitrogen and oxygen atoms in total. The van der Waals surface area contributed by atoms with Crippen molar-refractivity contribution in [2.24, 2.45) is 4.99 Å². The zero-order valence-electron chi connectivity index (χ0n) is 14.5. The number of methoxy groups -OCH3 is 1. The average Bonchev–Trinajstić information content (AvgIpc) is 2.51. The zero-order chi connectivity index (χ0) is 18.0. The minimum absolute atomic E-state index is 0.140. The van der Waals surface area contributed by atoms with Gasteiger partial charge in [0.2, 0.25) is 0 Å². The monoisotopic (exact) mass is 417 g/mol. The van der Waals surface area contributed by atoms with Crippen LogP contribution in [-0.4, -0.2) is 57.0 Å².